The molecule has 0 aromatic carbocycles. The second-order valence-corrected chi connectivity index (χ2v) is 8.25. The summed E-state index contributed by atoms with van der Waals surface area (Å²) in [5.74, 6) is -1.09. The van der Waals surface area contributed by atoms with Crippen molar-refractivity contribution in [3.05, 3.63) is 11.2 Å². The van der Waals surface area contributed by atoms with Gasteiger partial charge in [-0.25, -0.2) is 13.4 Å². The summed E-state index contributed by atoms with van der Waals surface area (Å²) in [5, 5.41) is 10.1. The maximum absolute atomic E-state index is 12.3. The Morgan fingerprint density at radius 3 is 2.40 bits per heavy atom. The molecule has 0 radical (unpaired) electrons. The van der Waals surface area contributed by atoms with Gasteiger partial charge < -0.3 is 5.11 Å². The molecule has 1 aromatic rings. The van der Waals surface area contributed by atoms with Crippen LogP contribution in [0.1, 0.15) is 43.5 Å². The lowest BCUT2D eigenvalue weighted by Gasteiger charge is -2.28. The number of thiazole rings is 1. The highest BCUT2D eigenvalue weighted by atomic mass is 32.2. The smallest absolute Gasteiger partial charge is 0.324 e. The lowest BCUT2D eigenvalue weighted by molar-refractivity contribution is -0.144. The largest absolute Gasteiger partial charge is 0.480 e. The van der Waals surface area contributed by atoms with E-state index in [1.807, 2.05) is 0 Å². The number of nitrogens with zero attached hydrogens (tertiary/aromatic N) is 1. The zero-order valence-corrected chi connectivity index (χ0v) is 12.9. The quantitative estimate of drug-likeness (QED) is 0.827. The summed E-state index contributed by atoms with van der Waals surface area (Å²) in [6.07, 6.45) is 5.26. The number of rotatable bonds is 4. The van der Waals surface area contributed by atoms with Crippen LogP contribution in [0.25, 0.3) is 0 Å². The molecule has 0 bridgehead atoms. The number of sulfonamides is 1. The third kappa shape index (κ3) is 3.18. The van der Waals surface area contributed by atoms with Crippen molar-refractivity contribution in [2.75, 3.05) is 0 Å². The van der Waals surface area contributed by atoms with Crippen LogP contribution >= 0.6 is 11.3 Å². The number of carboxylic acid groups (broad SMARTS) is 1. The van der Waals surface area contributed by atoms with Gasteiger partial charge in [0, 0.05) is 0 Å². The zero-order valence-electron chi connectivity index (χ0n) is 11.3. The predicted molar refractivity (Wildman–Crippen MR) is 75.2 cm³/mol. The topological polar surface area (TPSA) is 96.4 Å². The third-order valence-electron chi connectivity index (χ3n) is 3.56. The molecule has 6 nitrogen and oxygen atoms in total. The molecular formula is C12H18N2O4S2. The Morgan fingerprint density at radius 2 is 1.95 bits per heavy atom. The van der Waals surface area contributed by atoms with Gasteiger partial charge in [0.2, 0.25) is 0 Å². The number of nitrogens with one attached hydrogen (secondary N) is 1. The van der Waals surface area contributed by atoms with E-state index in [4.69, 9.17) is 0 Å². The summed E-state index contributed by atoms with van der Waals surface area (Å²) >= 11 is 1.04. The van der Waals surface area contributed by atoms with E-state index >= 15 is 0 Å². The van der Waals surface area contributed by atoms with Crippen LogP contribution in [-0.4, -0.2) is 30.0 Å². The molecule has 0 amide bonds. The minimum Gasteiger partial charge on any atom is -0.480 e. The highest BCUT2D eigenvalue weighted by Crippen LogP contribution is 2.30. The lowest BCUT2D eigenvalue weighted by atomic mass is 9.92. The minimum atomic E-state index is -3.83. The van der Waals surface area contributed by atoms with Gasteiger partial charge in [0.25, 0.3) is 10.0 Å². The second-order valence-electron chi connectivity index (χ2n) is 5.11. The molecule has 2 rings (SSSR count). The molecule has 0 atom stereocenters. The van der Waals surface area contributed by atoms with Crippen LogP contribution in [0.15, 0.2) is 10.4 Å². The van der Waals surface area contributed by atoms with Gasteiger partial charge in [0.1, 0.15) is 5.54 Å². The number of carboxylic acids is 1. The van der Waals surface area contributed by atoms with Crippen molar-refractivity contribution in [1.82, 2.24) is 9.71 Å². The van der Waals surface area contributed by atoms with Crippen molar-refractivity contribution < 1.29 is 18.3 Å². The fourth-order valence-corrected chi connectivity index (χ4v) is 4.99. The molecular weight excluding hydrogens is 300 g/mol. The Morgan fingerprint density at radius 1 is 1.35 bits per heavy atom. The van der Waals surface area contributed by atoms with Gasteiger partial charge in [-0.1, -0.05) is 25.7 Å². The summed E-state index contributed by atoms with van der Waals surface area (Å²) in [5.41, 5.74) is -1.38. The molecule has 0 spiro atoms. The minimum absolute atomic E-state index is 0.0693. The molecule has 8 heteroatoms. The number of hydrogen-bond donors (Lipinski definition) is 2. The molecule has 2 N–H and O–H groups in total. The lowest BCUT2D eigenvalue weighted by Crippen LogP contribution is -2.53. The SMILES string of the molecule is Cc1ncc(S(=O)(=O)NC2(C(=O)O)CCCCCC2)s1. The van der Waals surface area contributed by atoms with Gasteiger partial charge >= 0.3 is 5.97 Å². The summed E-state index contributed by atoms with van der Waals surface area (Å²) in [4.78, 5) is 15.5. The maximum Gasteiger partial charge on any atom is 0.324 e. The Balaban J connectivity index is 2.30. The molecule has 1 saturated carbocycles. The molecule has 1 heterocycles. The van der Waals surface area contributed by atoms with E-state index in [0.717, 1.165) is 37.0 Å². The van der Waals surface area contributed by atoms with Gasteiger partial charge in [-0.15, -0.1) is 11.3 Å². The fourth-order valence-electron chi connectivity index (χ4n) is 2.47. The van der Waals surface area contributed by atoms with Crippen LogP contribution in [0.3, 0.4) is 0 Å². The van der Waals surface area contributed by atoms with Crippen molar-refractivity contribution in [1.29, 1.82) is 0 Å². The summed E-state index contributed by atoms with van der Waals surface area (Å²) < 4.78 is 27.2. The number of hydrogen-bond acceptors (Lipinski definition) is 5. The Kier molecular flexibility index (Phi) is 4.46. The fraction of sp³-hybridized carbons (Fsp3) is 0.667. The zero-order chi connectivity index (χ0) is 14.8. The average Bonchev–Trinajstić information content (AvgIpc) is 2.67. The number of aromatic nitrogens is 1. The molecule has 1 aliphatic rings. The van der Waals surface area contributed by atoms with Crippen LogP contribution in [0.2, 0.25) is 0 Å². The molecule has 20 heavy (non-hydrogen) atoms. The summed E-state index contributed by atoms with van der Waals surface area (Å²) in [6.45, 7) is 1.71. The third-order valence-corrected chi connectivity index (χ3v) is 6.47. The van der Waals surface area contributed by atoms with Crippen molar-refractivity contribution >= 4 is 27.3 Å². The highest BCUT2D eigenvalue weighted by molar-refractivity contribution is 7.91. The normalized spacial score (nSPS) is 19.4. The van der Waals surface area contributed by atoms with E-state index in [0.29, 0.717) is 17.8 Å². The average molecular weight is 318 g/mol. The molecule has 0 saturated heterocycles. The Labute approximate surface area is 122 Å². The predicted octanol–water partition coefficient (Wildman–Crippen LogP) is 1.91. The van der Waals surface area contributed by atoms with Crippen LogP contribution in [0.5, 0.6) is 0 Å². The van der Waals surface area contributed by atoms with Crippen LogP contribution in [0.4, 0.5) is 0 Å². The number of aliphatic carboxylic acids is 1. The van der Waals surface area contributed by atoms with Crippen molar-refractivity contribution in [2.45, 2.75) is 55.2 Å². The van der Waals surface area contributed by atoms with E-state index < -0.39 is 21.5 Å². The first-order valence-corrected chi connectivity index (χ1v) is 8.85. The van der Waals surface area contributed by atoms with E-state index in [1.54, 1.807) is 6.92 Å². The van der Waals surface area contributed by atoms with E-state index in [2.05, 4.69) is 9.71 Å². The standard InChI is InChI=1S/C12H18N2O4S2/c1-9-13-8-10(19-9)20(17,18)14-12(11(15)16)6-4-2-3-5-7-12/h8,14H,2-7H2,1H3,(H,15,16). The van der Waals surface area contributed by atoms with Crippen molar-refractivity contribution in [3.63, 3.8) is 0 Å². The Bertz CT molecular complexity index is 586. The van der Waals surface area contributed by atoms with E-state index in [1.165, 1.54) is 6.20 Å². The summed E-state index contributed by atoms with van der Waals surface area (Å²) in [6, 6.07) is 0. The first kappa shape index (κ1) is 15.4. The molecule has 1 fully saturated rings. The van der Waals surface area contributed by atoms with Crippen LogP contribution in [0, 0.1) is 6.92 Å². The van der Waals surface area contributed by atoms with Gasteiger partial charge in [-0.2, -0.15) is 4.72 Å². The maximum atomic E-state index is 12.3. The van der Waals surface area contributed by atoms with Crippen LogP contribution in [-0.2, 0) is 14.8 Å². The molecule has 1 aromatic heterocycles. The molecule has 0 unspecified atom stereocenters. The number of carbonyl (C=O) groups is 1. The highest BCUT2D eigenvalue weighted by Gasteiger charge is 2.42. The van der Waals surface area contributed by atoms with E-state index in [-0.39, 0.29) is 4.21 Å². The summed E-state index contributed by atoms with van der Waals surface area (Å²) in [7, 11) is -3.83. The van der Waals surface area contributed by atoms with Crippen molar-refractivity contribution in [3.8, 4) is 0 Å². The van der Waals surface area contributed by atoms with Gasteiger partial charge in [-0.05, 0) is 19.8 Å². The van der Waals surface area contributed by atoms with E-state index in [9.17, 15) is 18.3 Å². The second kappa shape index (κ2) is 5.79. The molecule has 0 aliphatic heterocycles. The monoisotopic (exact) mass is 318 g/mol. The number of aryl methyl sites for hydroxylation is 1. The van der Waals surface area contributed by atoms with Gasteiger partial charge in [0.15, 0.2) is 4.21 Å². The molecule has 1 aliphatic carbocycles. The van der Waals surface area contributed by atoms with Crippen LogP contribution < -0.4 is 4.72 Å². The van der Waals surface area contributed by atoms with Crippen molar-refractivity contribution in [2.24, 2.45) is 0 Å². The van der Waals surface area contributed by atoms with Gasteiger partial charge in [-0.3, -0.25) is 4.79 Å². The molecule has 112 valence electrons. The van der Waals surface area contributed by atoms with Gasteiger partial charge in [0.05, 0.1) is 11.2 Å². The first-order valence-electron chi connectivity index (χ1n) is 6.56. The first-order chi connectivity index (χ1) is 9.36. The Hall–Kier alpha value is -0.990.